The molecule has 3 atom stereocenters. The third kappa shape index (κ3) is 9.07. The number of amides is 1. The maximum absolute atomic E-state index is 14.9. The molecule has 1 aromatic heterocycles. The van der Waals surface area contributed by atoms with E-state index in [-0.39, 0.29) is 35.2 Å². The molecule has 256 valence electrons. The molecule has 1 aliphatic carbocycles. The summed E-state index contributed by atoms with van der Waals surface area (Å²) in [7, 11) is 0. The summed E-state index contributed by atoms with van der Waals surface area (Å²) in [4.78, 5) is 29.5. The number of alkyl halides is 3. The molecule has 0 spiro atoms. The van der Waals surface area contributed by atoms with Crippen LogP contribution in [-0.2, 0) is 9.59 Å². The molecule has 0 bridgehead atoms. The van der Waals surface area contributed by atoms with Crippen LogP contribution in [0.1, 0.15) is 81.1 Å². The van der Waals surface area contributed by atoms with E-state index in [2.05, 4.69) is 31.2 Å². The minimum absolute atomic E-state index is 0.0522. The minimum atomic E-state index is -5.08. The summed E-state index contributed by atoms with van der Waals surface area (Å²) in [6.45, 7) is 11.3. The second-order valence-corrected chi connectivity index (χ2v) is 13.6. The van der Waals surface area contributed by atoms with Crippen LogP contribution in [0.25, 0.3) is 5.69 Å². The molecule has 1 saturated heterocycles. The van der Waals surface area contributed by atoms with E-state index in [9.17, 15) is 26.7 Å². The Morgan fingerprint density at radius 2 is 1.64 bits per heavy atom. The number of benzene rings is 2. The Balaban J connectivity index is 0.000000644. The number of piperidine rings is 1. The van der Waals surface area contributed by atoms with Crippen LogP contribution in [0.3, 0.4) is 0 Å². The van der Waals surface area contributed by atoms with Crippen LogP contribution < -0.4 is 5.32 Å². The van der Waals surface area contributed by atoms with Crippen molar-refractivity contribution in [3.05, 3.63) is 75.8 Å². The number of carbonyl (C=O) groups excluding carboxylic acids is 1. The Bertz CT molecular complexity index is 1600. The molecule has 8 nitrogen and oxygen atoms in total. The van der Waals surface area contributed by atoms with E-state index in [1.807, 2.05) is 41.6 Å². The number of rotatable bonds is 5. The van der Waals surface area contributed by atoms with Crippen LogP contribution in [0.15, 0.2) is 36.4 Å². The summed E-state index contributed by atoms with van der Waals surface area (Å²) in [5, 5.41) is 16.1. The molecular formula is C33H39ClF5N5O3. The largest absolute Gasteiger partial charge is 0.490 e. The summed E-state index contributed by atoms with van der Waals surface area (Å²) in [5.74, 6) is -2.80. The summed E-state index contributed by atoms with van der Waals surface area (Å²) >= 11 is 6.24. The molecule has 5 rings (SSSR count). The summed E-state index contributed by atoms with van der Waals surface area (Å²) in [5.41, 5.74) is 2.18. The molecule has 2 heterocycles. The van der Waals surface area contributed by atoms with Gasteiger partial charge in [-0.2, -0.15) is 18.3 Å². The van der Waals surface area contributed by atoms with Crippen molar-refractivity contribution in [2.75, 3.05) is 13.1 Å². The van der Waals surface area contributed by atoms with Gasteiger partial charge in [-0.1, -0.05) is 17.7 Å². The molecular weight excluding hydrogens is 645 g/mol. The second-order valence-electron chi connectivity index (χ2n) is 13.2. The third-order valence-electron chi connectivity index (χ3n) is 8.42. The van der Waals surface area contributed by atoms with Crippen molar-refractivity contribution in [2.45, 2.75) is 89.9 Å². The number of likely N-dealkylation sites (tertiary alicyclic amines) is 1. The quantitative estimate of drug-likeness (QED) is 0.278. The fraction of sp³-hybridized carbons (Fsp3) is 0.515. The zero-order valence-corrected chi connectivity index (χ0v) is 27.6. The monoisotopic (exact) mass is 683 g/mol. The van der Waals surface area contributed by atoms with Gasteiger partial charge in [0.1, 0.15) is 23.3 Å². The number of carboxylic acids is 1. The van der Waals surface area contributed by atoms with Crippen LogP contribution in [0.4, 0.5) is 22.0 Å². The maximum Gasteiger partial charge on any atom is 0.490 e. The van der Waals surface area contributed by atoms with E-state index in [0.29, 0.717) is 42.3 Å². The number of carboxylic acid groups (broad SMARTS) is 1. The number of aliphatic carboxylic acids is 1. The number of nitrogens with one attached hydrogen (secondary N) is 1. The van der Waals surface area contributed by atoms with Crippen molar-refractivity contribution >= 4 is 23.5 Å². The summed E-state index contributed by atoms with van der Waals surface area (Å²) < 4.78 is 62.2. The maximum atomic E-state index is 14.9. The van der Waals surface area contributed by atoms with Gasteiger partial charge >= 0.3 is 12.1 Å². The molecule has 14 heteroatoms. The Hall–Kier alpha value is -3.58. The van der Waals surface area contributed by atoms with Gasteiger partial charge < -0.3 is 15.3 Å². The van der Waals surface area contributed by atoms with Gasteiger partial charge in [0, 0.05) is 47.6 Å². The fourth-order valence-corrected chi connectivity index (χ4v) is 6.54. The lowest BCUT2D eigenvalue weighted by molar-refractivity contribution is -0.192. The predicted octanol–water partition coefficient (Wildman–Crippen LogP) is 7.11. The van der Waals surface area contributed by atoms with Crippen molar-refractivity contribution in [1.29, 1.82) is 0 Å². The van der Waals surface area contributed by atoms with Crippen molar-refractivity contribution in [3.63, 3.8) is 0 Å². The van der Waals surface area contributed by atoms with Crippen LogP contribution in [0.5, 0.6) is 0 Å². The van der Waals surface area contributed by atoms with Gasteiger partial charge in [-0.05, 0) is 102 Å². The average molecular weight is 684 g/mol. The Labute approximate surface area is 275 Å². The number of aryl methyl sites for hydroxylation is 2. The van der Waals surface area contributed by atoms with Gasteiger partial charge in [0.05, 0.1) is 5.69 Å². The molecule has 2 fully saturated rings. The van der Waals surface area contributed by atoms with Crippen LogP contribution in [0.2, 0.25) is 5.02 Å². The SMILES string of the molecule is Cc1nc(C2CCN(C(=O)[C@@H]3CC(NC(C)(C)C)C[C@H]3c3ccc(F)cc3F)CC2)n(-c2ccc(Cl)c(C)c2)n1.O=C(O)C(F)(F)F. The van der Waals surface area contributed by atoms with Crippen molar-refractivity contribution < 1.29 is 36.6 Å². The van der Waals surface area contributed by atoms with E-state index in [1.54, 1.807) is 0 Å². The number of aromatic nitrogens is 3. The van der Waals surface area contributed by atoms with Crippen LogP contribution in [-0.4, -0.2) is 67.5 Å². The molecule has 2 N–H and O–H groups in total. The van der Waals surface area contributed by atoms with Crippen molar-refractivity contribution in [1.82, 2.24) is 25.0 Å². The summed E-state index contributed by atoms with van der Waals surface area (Å²) in [6, 6.07) is 9.62. The minimum Gasteiger partial charge on any atom is -0.475 e. The molecule has 2 aliphatic rings. The highest BCUT2D eigenvalue weighted by molar-refractivity contribution is 6.31. The van der Waals surface area contributed by atoms with E-state index in [0.717, 1.165) is 36.0 Å². The highest BCUT2D eigenvalue weighted by atomic mass is 35.5. The number of hydrogen-bond acceptors (Lipinski definition) is 5. The van der Waals surface area contributed by atoms with Gasteiger partial charge in [-0.25, -0.2) is 23.2 Å². The molecule has 2 aromatic carbocycles. The van der Waals surface area contributed by atoms with Gasteiger partial charge in [0.2, 0.25) is 5.91 Å². The van der Waals surface area contributed by atoms with E-state index >= 15 is 0 Å². The van der Waals surface area contributed by atoms with Crippen molar-refractivity contribution in [2.24, 2.45) is 5.92 Å². The lowest BCUT2D eigenvalue weighted by Crippen LogP contribution is -2.44. The fourth-order valence-electron chi connectivity index (χ4n) is 6.43. The van der Waals surface area contributed by atoms with E-state index in [4.69, 9.17) is 26.5 Å². The molecule has 1 unspecified atom stereocenters. The number of halogens is 6. The Kier molecular flexibility index (Phi) is 11.0. The zero-order chi connectivity index (χ0) is 34.8. The molecule has 47 heavy (non-hydrogen) atoms. The normalized spacial score (nSPS) is 20.6. The lowest BCUT2D eigenvalue weighted by Gasteiger charge is -2.34. The standard InChI is InChI=1S/C31H38ClF2N5O.C2HF3O2/c1-18-14-23(7-9-27(18)32)39-29(35-19(2)37-39)20-10-12-38(13-11-20)30(40)26-17-22(36-31(3,4)5)16-25(26)24-8-6-21(33)15-28(24)34;3-2(4,5)1(6)7/h6-9,14-15,20,22,25-26,36H,10-13,16-17H2,1-5H3;(H,6,7)/t22?,25-,26+;/m0./s1. The Morgan fingerprint density at radius 3 is 2.19 bits per heavy atom. The topological polar surface area (TPSA) is 100 Å². The molecule has 3 aromatic rings. The smallest absolute Gasteiger partial charge is 0.475 e. The Morgan fingerprint density at radius 1 is 1.00 bits per heavy atom. The first-order valence-corrected chi connectivity index (χ1v) is 15.7. The molecule has 1 saturated carbocycles. The van der Waals surface area contributed by atoms with E-state index in [1.165, 1.54) is 12.1 Å². The highest BCUT2D eigenvalue weighted by Crippen LogP contribution is 2.43. The first-order chi connectivity index (χ1) is 21.8. The second kappa shape index (κ2) is 14.3. The van der Waals surface area contributed by atoms with Gasteiger partial charge in [0.25, 0.3) is 0 Å². The number of hydrogen-bond donors (Lipinski definition) is 2. The number of carbonyl (C=O) groups is 2. The van der Waals surface area contributed by atoms with E-state index < -0.39 is 23.8 Å². The molecule has 1 amide bonds. The number of nitrogens with zero attached hydrogens (tertiary/aromatic N) is 4. The first kappa shape index (κ1) is 36.3. The average Bonchev–Trinajstić information content (AvgIpc) is 3.56. The zero-order valence-electron chi connectivity index (χ0n) is 26.8. The molecule has 1 aliphatic heterocycles. The van der Waals surface area contributed by atoms with Crippen LogP contribution >= 0.6 is 11.6 Å². The van der Waals surface area contributed by atoms with Gasteiger partial charge in [0.15, 0.2) is 0 Å². The summed E-state index contributed by atoms with van der Waals surface area (Å²) in [6.07, 6.45) is -2.29. The highest BCUT2D eigenvalue weighted by Gasteiger charge is 2.44. The lowest BCUT2D eigenvalue weighted by atomic mass is 9.86. The van der Waals surface area contributed by atoms with Gasteiger partial charge in [-0.3, -0.25) is 4.79 Å². The third-order valence-corrected chi connectivity index (χ3v) is 8.84. The molecule has 0 radical (unpaired) electrons. The first-order valence-electron chi connectivity index (χ1n) is 15.4. The predicted molar refractivity (Wildman–Crippen MR) is 167 cm³/mol. The van der Waals surface area contributed by atoms with Crippen molar-refractivity contribution in [3.8, 4) is 5.69 Å². The van der Waals surface area contributed by atoms with Gasteiger partial charge in [-0.15, -0.1) is 0 Å². The van der Waals surface area contributed by atoms with Crippen LogP contribution in [0, 0.1) is 31.4 Å².